The molecule has 2 aromatic rings. The van der Waals surface area contributed by atoms with Gasteiger partial charge in [-0.05, 0) is 42.0 Å². The molecule has 0 aliphatic carbocycles. The second-order valence-electron chi connectivity index (χ2n) is 5.41. The number of anilines is 1. The first-order valence-corrected chi connectivity index (χ1v) is 9.02. The molecule has 2 aromatic carbocycles. The lowest BCUT2D eigenvalue weighted by Crippen LogP contribution is -2.35. The van der Waals surface area contributed by atoms with E-state index in [0.717, 1.165) is 4.90 Å². The molecule has 0 atom stereocenters. The number of nitrogens with zero attached hydrogens (tertiary/aromatic N) is 1. The van der Waals surface area contributed by atoms with Crippen molar-refractivity contribution in [1.82, 2.24) is 0 Å². The van der Waals surface area contributed by atoms with E-state index in [1.165, 1.54) is 43.5 Å². The summed E-state index contributed by atoms with van der Waals surface area (Å²) in [6, 6.07) is 11.8. The molecule has 2 rings (SSSR count). The van der Waals surface area contributed by atoms with Crippen molar-refractivity contribution in [2.24, 2.45) is 0 Å². The van der Waals surface area contributed by atoms with Gasteiger partial charge in [-0.25, -0.2) is 0 Å². The number of methoxy groups -OCH3 is 1. The van der Waals surface area contributed by atoms with Crippen LogP contribution in [0.2, 0.25) is 0 Å². The van der Waals surface area contributed by atoms with Crippen molar-refractivity contribution in [3.05, 3.63) is 59.7 Å². The summed E-state index contributed by atoms with van der Waals surface area (Å²) in [6.07, 6.45) is 0. The van der Waals surface area contributed by atoms with E-state index in [1.54, 1.807) is 12.1 Å². The van der Waals surface area contributed by atoms with Crippen LogP contribution in [0.3, 0.4) is 0 Å². The van der Waals surface area contributed by atoms with Gasteiger partial charge in [0.25, 0.3) is 16.0 Å². The third-order valence-corrected chi connectivity index (χ3v) is 4.17. The van der Waals surface area contributed by atoms with Gasteiger partial charge < -0.3 is 9.84 Å². The van der Waals surface area contributed by atoms with Crippen molar-refractivity contribution in [3.63, 3.8) is 0 Å². The number of carboxylic acid groups (broad SMARTS) is 1. The molecule has 8 nitrogen and oxygen atoms in total. The molecule has 0 aromatic heterocycles. The van der Waals surface area contributed by atoms with E-state index >= 15 is 0 Å². The van der Waals surface area contributed by atoms with Crippen molar-refractivity contribution in [2.45, 2.75) is 5.75 Å². The zero-order chi connectivity index (χ0) is 19.3. The molecule has 2 N–H and O–H groups in total. The Morgan fingerprint density at radius 1 is 1.04 bits per heavy atom. The number of carboxylic acids is 1. The van der Waals surface area contributed by atoms with Gasteiger partial charge in [0.1, 0.15) is 18.0 Å². The van der Waals surface area contributed by atoms with Gasteiger partial charge in [0, 0.05) is 11.3 Å². The molecule has 0 radical (unpaired) electrons. The number of benzene rings is 2. The van der Waals surface area contributed by atoms with Gasteiger partial charge in [0.15, 0.2) is 0 Å². The fourth-order valence-corrected chi connectivity index (χ4v) is 2.90. The van der Waals surface area contributed by atoms with Crippen LogP contribution in [0, 0.1) is 0 Å². The summed E-state index contributed by atoms with van der Waals surface area (Å²) in [4.78, 5) is 24.9. The summed E-state index contributed by atoms with van der Waals surface area (Å²) in [5.41, 5.74) is 0.866. The van der Waals surface area contributed by atoms with Gasteiger partial charge in [-0.15, -0.1) is 0 Å². The average molecular weight is 379 g/mol. The first-order chi connectivity index (χ1) is 12.2. The average Bonchev–Trinajstić information content (AvgIpc) is 2.58. The van der Waals surface area contributed by atoms with Crippen LogP contribution >= 0.6 is 0 Å². The molecule has 0 heterocycles. The molecule has 1 amide bonds. The second-order valence-corrected chi connectivity index (χ2v) is 6.86. The third kappa shape index (κ3) is 5.30. The van der Waals surface area contributed by atoms with Crippen LogP contribution in [0.15, 0.2) is 48.5 Å². The summed E-state index contributed by atoms with van der Waals surface area (Å²) < 4.78 is 35.7. The molecule has 138 valence electrons. The van der Waals surface area contributed by atoms with Crippen molar-refractivity contribution in [3.8, 4) is 5.75 Å². The van der Waals surface area contributed by atoms with Crippen LogP contribution in [0.5, 0.6) is 5.75 Å². The van der Waals surface area contributed by atoms with E-state index in [4.69, 9.17) is 14.4 Å². The fraction of sp³-hybridized carbons (Fsp3) is 0.176. The summed E-state index contributed by atoms with van der Waals surface area (Å²) >= 11 is 0. The molecule has 9 heteroatoms. The molecule has 0 aliphatic rings. The molecule has 0 aliphatic heterocycles. The van der Waals surface area contributed by atoms with Crippen LogP contribution in [0.25, 0.3) is 0 Å². The molecule has 0 bridgehead atoms. The number of rotatable bonds is 7. The Morgan fingerprint density at radius 2 is 1.62 bits per heavy atom. The van der Waals surface area contributed by atoms with Crippen molar-refractivity contribution >= 4 is 27.7 Å². The van der Waals surface area contributed by atoms with E-state index < -0.39 is 34.3 Å². The van der Waals surface area contributed by atoms with Gasteiger partial charge in [0.05, 0.1) is 7.11 Å². The smallest absolute Gasteiger partial charge is 0.323 e. The highest BCUT2D eigenvalue weighted by molar-refractivity contribution is 7.85. The van der Waals surface area contributed by atoms with Gasteiger partial charge in [-0.3, -0.25) is 19.0 Å². The summed E-state index contributed by atoms with van der Waals surface area (Å²) in [5.74, 6) is -1.74. The number of hydrogen-bond acceptors (Lipinski definition) is 5. The maximum absolute atomic E-state index is 12.7. The van der Waals surface area contributed by atoms with Gasteiger partial charge in [0.2, 0.25) is 0 Å². The Kier molecular flexibility index (Phi) is 5.96. The lowest BCUT2D eigenvalue weighted by Gasteiger charge is -2.21. The molecule has 0 fully saturated rings. The second kappa shape index (κ2) is 7.98. The minimum atomic E-state index is -4.18. The van der Waals surface area contributed by atoms with Gasteiger partial charge in [-0.2, -0.15) is 8.42 Å². The topological polar surface area (TPSA) is 121 Å². The van der Waals surface area contributed by atoms with Gasteiger partial charge >= 0.3 is 5.97 Å². The van der Waals surface area contributed by atoms with Crippen LogP contribution in [0.4, 0.5) is 5.69 Å². The first kappa shape index (κ1) is 19.4. The summed E-state index contributed by atoms with van der Waals surface area (Å²) in [6.45, 7) is -0.567. The monoisotopic (exact) mass is 379 g/mol. The summed E-state index contributed by atoms with van der Waals surface area (Å²) in [5, 5.41) is 9.10. The van der Waals surface area contributed by atoms with Crippen LogP contribution < -0.4 is 9.64 Å². The molecule has 0 unspecified atom stereocenters. The first-order valence-electron chi connectivity index (χ1n) is 7.41. The van der Waals surface area contributed by atoms with Gasteiger partial charge in [-0.1, -0.05) is 12.1 Å². The molecule has 0 spiro atoms. The number of aliphatic carboxylic acids is 1. The molecule has 0 saturated heterocycles. The number of carbonyl (C=O) groups excluding carboxylic acids is 1. The van der Waals surface area contributed by atoms with Crippen LogP contribution in [-0.2, 0) is 20.7 Å². The molecular formula is C17H17NO7S. The van der Waals surface area contributed by atoms with Crippen LogP contribution in [0.1, 0.15) is 15.9 Å². The van der Waals surface area contributed by atoms with E-state index in [1.807, 2.05) is 0 Å². The Balaban J connectivity index is 2.31. The zero-order valence-electron chi connectivity index (χ0n) is 13.8. The number of hydrogen-bond donors (Lipinski definition) is 2. The Hall–Kier alpha value is -2.91. The number of ether oxygens (including phenoxy) is 1. The van der Waals surface area contributed by atoms with Crippen LogP contribution in [-0.4, -0.2) is 43.6 Å². The number of amides is 1. The van der Waals surface area contributed by atoms with E-state index in [2.05, 4.69) is 0 Å². The minimum absolute atomic E-state index is 0.272. The maximum atomic E-state index is 12.7. The predicted octanol–water partition coefficient (Wildman–Crippen LogP) is 1.81. The number of carbonyl (C=O) groups is 2. The van der Waals surface area contributed by atoms with E-state index in [0.29, 0.717) is 11.3 Å². The summed E-state index contributed by atoms with van der Waals surface area (Å²) in [7, 11) is -2.69. The Morgan fingerprint density at radius 3 is 2.08 bits per heavy atom. The van der Waals surface area contributed by atoms with E-state index in [9.17, 15) is 18.0 Å². The largest absolute Gasteiger partial charge is 0.497 e. The van der Waals surface area contributed by atoms with Crippen molar-refractivity contribution in [2.75, 3.05) is 18.6 Å². The standard InChI is InChI=1S/C17H17NO7S/c1-25-15-8-4-13(5-9-15)17(21)18(10-16(19)20)14-6-2-12(3-7-14)11-26(22,23)24/h2-9H,10-11H2,1H3,(H,19,20)(H,22,23,24). The lowest BCUT2D eigenvalue weighted by atomic mass is 10.1. The predicted molar refractivity (Wildman–Crippen MR) is 94.0 cm³/mol. The van der Waals surface area contributed by atoms with Crippen molar-refractivity contribution < 1.29 is 32.4 Å². The normalized spacial score (nSPS) is 11.0. The zero-order valence-corrected chi connectivity index (χ0v) is 14.6. The third-order valence-electron chi connectivity index (χ3n) is 3.47. The maximum Gasteiger partial charge on any atom is 0.323 e. The Bertz CT molecular complexity index is 890. The molecular weight excluding hydrogens is 362 g/mol. The minimum Gasteiger partial charge on any atom is -0.497 e. The van der Waals surface area contributed by atoms with Crippen molar-refractivity contribution in [1.29, 1.82) is 0 Å². The SMILES string of the molecule is COc1ccc(C(=O)N(CC(=O)O)c2ccc(CS(=O)(=O)O)cc2)cc1. The highest BCUT2D eigenvalue weighted by Crippen LogP contribution is 2.20. The lowest BCUT2D eigenvalue weighted by molar-refractivity contribution is -0.135. The highest BCUT2D eigenvalue weighted by Gasteiger charge is 2.21. The highest BCUT2D eigenvalue weighted by atomic mass is 32.2. The fourth-order valence-electron chi connectivity index (χ4n) is 2.29. The molecule has 26 heavy (non-hydrogen) atoms. The van der Waals surface area contributed by atoms with E-state index in [-0.39, 0.29) is 11.3 Å². The Labute approximate surface area is 150 Å². The quantitative estimate of drug-likeness (QED) is 0.704. The molecule has 0 saturated carbocycles.